The zero-order chi connectivity index (χ0) is 16.6. The van der Waals surface area contributed by atoms with Crippen LogP contribution in [0.1, 0.15) is 32.4 Å². The van der Waals surface area contributed by atoms with E-state index in [1.165, 1.54) is 0 Å². The van der Waals surface area contributed by atoms with Gasteiger partial charge in [0.05, 0.1) is 7.11 Å². The summed E-state index contributed by atoms with van der Waals surface area (Å²) in [6.07, 6.45) is 0. The molecule has 0 spiro atoms. The van der Waals surface area contributed by atoms with Gasteiger partial charge in [-0.05, 0) is 30.8 Å². The molecule has 1 atom stereocenters. The summed E-state index contributed by atoms with van der Waals surface area (Å²) in [7, 11) is -1.82. The van der Waals surface area contributed by atoms with E-state index in [1.54, 1.807) is 14.0 Å². The summed E-state index contributed by atoms with van der Waals surface area (Å²) in [6, 6.07) is 7.72. The van der Waals surface area contributed by atoms with Gasteiger partial charge in [0.1, 0.15) is 5.75 Å². The zero-order valence-electron chi connectivity index (χ0n) is 13.8. The molecule has 0 bridgehead atoms. The first-order chi connectivity index (χ1) is 10.5. The normalized spacial score (nSPS) is 13.3. The van der Waals surface area contributed by atoms with Crippen LogP contribution in [-0.4, -0.2) is 46.6 Å². The lowest BCUT2D eigenvalue weighted by atomic mass is 10.1. The number of nitrogens with one attached hydrogen (secondary N) is 2. The maximum absolute atomic E-state index is 11.8. The molecule has 7 heteroatoms. The van der Waals surface area contributed by atoms with E-state index in [2.05, 4.69) is 28.2 Å². The molecule has 0 aliphatic rings. The van der Waals surface area contributed by atoms with E-state index in [0.717, 1.165) is 24.4 Å². The van der Waals surface area contributed by atoms with Crippen molar-refractivity contribution in [3.63, 3.8) is 0 Å². The third kappa shape index (κ3) is 5.57. The van der Waals surface area contributed by atoms with E-state index in [9.17, 15) is 8.42 Å². The van der Waals surface area contributed by atoms with Gasteiger partial charge in [-0.15, -0.1) is 0 Å². The van der Waals surface area contributed by atoms with Gasteiger partial charge in [-0.3, -0.25) is 4.90 Å². The summed E-state index contributed by atoms with van der Waals surface area (Å²) in [5, 5.41) is 0. The Balaban J connectivity index is 2.92. The number of methoxy groups -OCH3 is 1. The van der Waals surface area contributed by atoms with E-state index < -0.39 is 10.2 Å². The monoisotopic (exact) mass is 329 g/mol. The molecular weight excluding hydrogens is 302 g/mol. The highest BCUT2D eigenvalue weighted by Gasteiger charge is 2.20. The quantitative estimate of drug-likeness (QED) is 0.683. The molecule has 0 aliphatic heterocycles. The number of likely N-dealkylation sites (N-methyl/N-ethyl adjacent to an activating group) is 1. The molecule has 2 N–H and O–H groups in total. The van der Waals surface area contributed by atoms with Gasteiger partial charge in [-0.25, -0.2) is 9.44 Å². The predicted molar refractivity (Wildman–Crippen MR) is 89.3 cm³/mol. The second kappa shape index (κ2) is 9.09. The molecule has 0 amide bonds. The molecule has 126 valence electrons. The maximum atomic E-state index is 11.8. The van der Waals surface area contributed by atoms with Crippen molar-refractivity contribution in [2.75, 3.05) is 33.3 Å². The first-order valence-corrected chi connectivity index (χ1v) is 9.07. The standard InChI is InChI=1S/C15H27N3O3S/c1-5-16-22(19,20)17-12-15(18(6-2)7-3)13-8-10-14(21-4)11-9-13/h8-11,15-17H,5-7,12H2,1-4H3. The van der Waals surface area contributed by atoms with Crippen LogP contribution in [-0.2, 0) is 10.2 Å². The highest BCUT2D eigenvalue weighted by Crippen LogP contribution is 2.22. The SMILES string of the molecule is CCNS(=O)(=O)NCC(c1ccc(OC)cc1)N(CC)CC. The van der Waals surface area contributed by atoms with E-state index in [-0.39, 0.29) is 6.04 Å². The third-order valence-corrected chi connectivity index (χ3v) is 4.77. The van der Waals surface area contributed by atoms with Gasteiger partial charge in [0.25, 0.3) is 10.2 Å². The molecule has 6 nitrogen and oxygen atoms in total. The Morgan fingerprint density at radius 3 is 2.14 bits per heavy atom. The Labute approximate surface area is 134 Å². The summed E-state index contributed by atoms with van der Waals surface area (Å²) in [5.74, 6) is 0.787. The van der Waals surface area contributed by atoms with Gasteiger partial charge in [-0.2, -0.15) is 8.42 Å². The third-order valence-electron chi connectivity index (χ3n) is 3.55. The molecule has 0 saturated heterocycles. The summed E-state index contributed by atoms with van der Waals surface area (Å²) < 4.78 is 33.9. The Bertz CT molecular complexity index is 527. The largest absolute Gasteiger partial charge is 0.497 e. The van der Waals surface area contributed by atoms with Crippen LogP contribution in [0.25, 0.3) is 0 Å². The minimum atomic E-state index is -3.45. The van der Waals surface area contributed by atoms with Crippen molar-refractivity contribution in [3.8, 4) is 5.75 Å². The van der Waals surface area contributed by atoms with Crippen molar-refractivity contribution < 1.29 is 13.2 Å². The van der Waals surface area contributed by atoms with Crippen molar-refractivity contribution in [2.24, 2.45) is 0 Å². The van der Waals surface area contributed by atoms with Crippen LogP contribution >= 0.6 is 0 Å². The Kier molecular flexibility index (Phi) is 7.81. The zero-order valence-corrected chi connectivity index (χ0v) is 14.6. The fraction of sp³-hybridized carbons (Fsp3) is 0.600. The van der Waals surface area contributed by atoms with Crippen LogP contribution in [0.15, 0.2) is 24.3 Å². The fourth-order valence-electron chi connectivity index (χ4n) is 2.38. The average molecular weight is 329 g/mol. The summed E-state index contributed by atoms with van der Waals surface area (Å²) in [6.45, 7) is 8.27. The summed E-state index contributed by atoms with van der Waals surface area (Å²) >= 11 is 0. The predicted octanol–water partition coefficient (Wildman–Crippen LogP) is 1.52. The van der Waals surface area contributed by atoms with Crippen LogP contribution in [0.4, 0.5) is 0 Å². The first kappa shape index (κ1) is 18.9. The average Bonchev–Trinajstić information content (AvgIpc) is 2.51. The molecule has 1 rings (SSSR count). The van der Waals surface area contributed by atoms with Gasteiger partial charge in [0.2, 0.25) is 0 Å². The van der Waals surface area contributed by atoms with E-state index in [4.69, 9.17) is 4.74 Å². The molecule has 1 aromatic carbocycles. The van der Waals surface area contributed by atoms with Crippen molar-refractivity contribution in [2.45, 2.75) is 26.8 Å². The molecule has 0 heterocycles. The highest BCUT2D eigenvalue weighted by atomic mass is 32.2. The van der Waals surface area contributed by atoms with Crippen LogP contribution in [0.2, 0.25) is 0 Å². The summed E-state index contributed by atoms with van der Waals surface area (Å²) in [4.78, 5) is 2.22. The molecule has 0 aromatic heterocycles. The first-order valence-electron chi connectivity index (χ1n) is 7.59. The maximum Gasteiger partial charge on any atom is 0.276 e. The van der Waals surface area contributed by atoms with Gasteiger partial charge >= 0.3 is 0 Å². The highest BCUT2D eigenvalue weighted by molar-refractivity contribution is 7.87. The minimum Gasteiger partial charge on any atom is -0.497 e. The van der Waals surface area contributed by atoms with Gasteiger partial charge in [0.15, 0.2) is 0 Å². The van der Waals surface area contributed by atoms with E-state index >= 15 is 0 Å². The number of benzene rings is 1. The van der Waals surface area contributed by atoms with Crippen molar-refractivity contribution in [1.82, 2.24) is 14.3 Å². The van der Waals surface area contributed by atoms with Crippen LogP contribution in [0.5, 0.6) is 5.75 Å². The Morgan fingerprint density at radius 2 is 1.68 bits per heavy atom. The van der Waals surface area contributed by atoms with E-state index in [0.29, 0.717) is 13.1 Å². The molecule has 0 saturated carbocycles. The number of rotatable bonds is 10. The fourth-order valence-corrected chi connectivity index (χ4v) is 3.24. The van der Waals surface area contributed by atoms with Gasteiger partial charge in [-0.1, -0.05) is 32.9 Å². The van der Waals surface area contributed by atoms with Crippen LogP contribution < -0.4 is 14.2 Å². The molecule has 0 radical (unpaired) electrons. The lowest BCUT2D eigenvalue weighted by molar-refractivity contribution is 0.219. The number of hydrogen-bond acceptors (Lipinski definition) is 4. The molecule has 0 fully saturated rings. The minimum absolute atomic E-state index is 0.0191. The molecule has 0 aliphatic carbocycles. The topological polar surface area (TPSA) is 70.7 Å². The Hall–Kier alpha value is -1.15. The smallest absolute Gasteiger partial charge is 0.276 e. The number of ether oxygens (including phenoxy) is 1. The van der Waals surface area contributed by atoms with Crippen LogP contribution in [0.3, 0.4) is 0 Å². The second-order valence-electron chi connectivity index (χ2n) is 4.86. The number of hydrogen-bond donors (Lipinski definition) is 2. The molecular formula is C15H27N3O3S. The molecule has 22 heavy (non-hydrogen) atoms. The lowest BCUT2D eigenvalue weighted by Crippen LogP contribution is -2.42. The summed E-state index contributed by atoms with van der Waals surface area (Å²) in [5.41, 5.74) is 1.06. The lowest BCUT2D eigenvalue weighted by Gasteiger charge is -2.30. The van der Waals surface area contributed by atoms with Crippen molar-refractivity contribution in [3.05, 3.63) is 29.8 Å². The van der Waals surface area contributed by atoms with Gasteiger partial charge in [0, 0.05) is 19.1 Å². The number of nitrogens with zero attached hydrogens (tertiary/aromatic N) is 1. The second-order valence-corrected chi connectivity index (χ2v) is 6.44. The van der Waals surface area contributed by atoms with Gasteiger partial charge < -0.3 is 4.74 Å². The van der Waals surface area contributed by atoms with E-state index in [1.807, 2.05) is 24.3 Å². The molecule has 1 aromatic rings. The van der Waals surface area contributed by atoms with Crippen molar-refractivity contribution in [1.29, 1.82) is 0 Å². The molecule has 1 unspecified atom stereocenters. The van der Waals surface area contributed by atoms with Crippen molar-refractivity contribution >= 4 is 10.2 Å². The van der Waals surface area contributed by atoms with Crippen LogP contribution in [0, 0.1) is 0 Å². The Morgan fingerprint density at radius 1 is 1.09 bits per heavy atom.